The number of aliphatic hydroxyl groups is 1. The minimum atomic E-state index is -0.555. The molecule has 0 saturated heterocycles. The molecule has 18 heavy (non-hydrogen) atoms. The molecular formula is C15H25NO2. The van der Waals surface area contributed by atoms with E-state index in [1.807, 2.05) is 12.1 Å². The van der Waals surface area contributed by atoms with E-state index in [1.54, 1.807) is 6.26 Å². The first kappa shape index (κ1) is 13.6. The van der Waals surface area contributed by atoms with Crippen LogP contribution in [0.25, 0.3) is 0 Å². The SMILES string of the molecule is CCCC1CCC(CN)(C(O)c2ccco2)CC1. The van der Waals surface area contributed by atoms with Gasteiger partial charge in [-0.2, -0.15) is 0 Å². The molecule has 1 aromatic rings. The van der Waals surface area contributed by atoms with Crippen molar-refractivity contribution in [1.82, 2.24) is 0 Å². The normalized spacial score (nSPS) is 30.3. The molecule has 0 spiro atoms. The number of aliphatic hydroxyl groups excluding tert-OH is 1. The van der Waals surface area contributed by atoms with Crippen molar-refractivity contribution in [3.05, 3.63) is 24.2 Å². The number of nitrogens with two attached hydrogens (primary N) is 1. The van der Waals surface area contributed by atoms with Crippen LogP contribution in [0, 0.1) is 11.3 Å². The molecule has 0 amide bonds. The molecule has 1 saturated carbocycles. The van der Waals surface area contributed by atoms with Crippen LogP contribution < -0.4 is 5.73 Å². The maximum absolute atomic E-state index is 10.5. The molecule has 1 aliphatic carbocycles. The van der Waals surface area contributed by atoms with Gasteiger partial charge in [0, 0.05) is 12.0 Å². The molecule has 1 heterocycles. The number of hydrogen-bond acceptors (Lipinski definition) is 3. The van der Waals surface area contributed by atoms with Crippen LogP contribution in [0.15, 0.2) is 22.8 Å². The molecule has 3 heteroatoms. The molecule has 3 N–H and O–H groups in total. The van der Waals surface area contributed by atoms with Crippen LogP contribution in [-0.4, -0.2) is 11.7 Å². The lowest BCUT2D eigenvalue weighted by molar-refractivity contribution is -0.0234. The molecule has 1 aromatic heterocycles. The smallest absolute Gasteiger partial charge is 0.132 e. The largest absolute Gasteiger partial charge is 0.467 e. The summed E-state index contributed by atoms with van der Waals surface area (Å²) >= 11 is 0. The van der Waals surface area contributed by atoms with Crippen LogP contribution in [-0.2, 0) is 0 Å². The highest BCUT2D eigenvalue weighted by Crippen LogP contribution is 2.47. The van der Waals surface area contributed by atoms with Crippen LogP contribution in [0.4, 0.5) is 0 Å². The molecule has 1 fully saturated rings. The lowest BCUT2D eigenvalue weighted by atomic mass is 9.66. The van der Waals surface area contributed by atoms with E-state index in [0.29, 0.717) is 12.3 Å². The maximum atomic E-state index is 10.5. The fourth-order valence-corrected chi connectivity index (χ4v) is 3.29. The van der Waals surface area contributed by atoms with E-state index in [-0.39, 0.29) is 5.41 Å². The van der Waals surface area contributed by atoms with Gasteiger partial charge in [0.05, 0.1) is 6.26 Å². The Morgan fingerprint density at radius 3 is 2.72 bits per heavy atom. The Bertz CT molecular complexity index is 339. The van der Waals surface area contributed by atoms with Crippen molar-refractivity contribution < 1.29 is 9.52 Å². The molecule has 0 bridgehead atoms. The summed E-state index contributed by atoms with van der Waals surface area (Å²) in [5.74, 6) is 1.48. The molecule has 102 valence electrons. The van der Waals surface area contributed by atoms with Gasteiger partial charge >= 0.3 is 0 Å². The van der Waals surface area contributed by atoms with Crippen molar-refractivity contribution in [3.8, 4) is 0 Å². The third-order valence-corrected chi connectivity index (χ3v) is 4.60. The van der Waals surface area contributed by atoms with Crippen molar-refractivity contribution >= 4 is 0 Å². The van der Waals surface area contributed by atoms with Gasteiger partial charge in [-0.15, -0.1) is 0 Å². The molecule has 3 nitrogen and oxygen atoms in total. The Morgan fingerprint density at radius 1 is 1.50 bits per heavy atom. The van der Waals surface area contributed by atoms with Crippen LogP contribution in [0.1, 0.15) is 57.3 Å². The zero-order valence-electron chi connectivity index (χ0n) is 11.3. The van der Waals surface area contributed by atoms with Crippen molar-refractivity contribution in [1.29, 1.82) is 0 Å². The van der Waals surface area contributed by atoms with Gasteiger partial charge in [0.25, 0.3) is 0 Å². The van der Waals surface area contributed by atoms with Crippen LogP contribution in [0.2, 0.25) is 0 Å². The third-order valence-electron chi connectivity index (χ3n) is 4.60. The highest BCUT2D eigenvalue weighted by atomic mass is 16.4. The molecule has 1 unspecified atom stereocenters. The van der Waals surface area contributed by atoms with Crippen LogP contribution in [0.3, 0.4) is 0 Å². The Kier molecular flexibility index (Phi) is 4.46. The van der Waals surface area contributed by atoms with Gasteiger partial charge in [-0.05, 0) is 43.7 Å². The van der Waals surface area contributed by atoms with Gasteiger partial charge in [0.2, 0.25) is 0 Å². The molecule has 0 aromatic carbocycles. The van der Waals surface area contributed by atoms with E-state index in [0.717, 1.165) is 18.8 Å². The summed E-state index contributed by atoms with van der Waals surface area (Å²) in [7, 11) is 0. The fraction of sp³-hybridized carbons (Fsp3) is 0.733. The first-order chi connectivity index (χ1) is 8.72. The average Bonchev–Trinajstić information content (AvgIpc) is 2.93. The minimum Gasteiger partial charge on any atom is -0.467 e. The Labute approximate surface area is 109 Å². The van der Waals surface area contributed by atoms with Crippen LogP contribution >= 0.6 is 0 Å². The van der Waals surface area contributed by atoms with E-state index >= 15 is 0 Å². The van der Waals surface area contributed by atoms with E-state index in [1.165, 1.54) is 25.7 Å². The van der Waals surface area contributed by atoms with Gasteiger partial charge < -0.3 is 15.3 Å². The Hall–Kier alpha value is -0.800. The van der Waals surface area contributed by atoms with E-state index < -0.39 is 6.10 Å². The predicted molar refractivity (Wildman–Crippen MR) is 72.0 cm³/mol. The van der Waals surface area contributed by atoms with Crippen molar-refractivity contribution in [2.24, 2.45) is 17.1 Å². The summed E-state index contributed by atoms with van der Waals surface area (Å²) in [5.41, 5.74) is 5.78. The second kappa shape index (κ2) is 5.89. The fourth-order valence-electron chi connectivity index (χ4n) is 3.29. The highest BCUT2D eigenvalue weighted by Gasteiger charge is 2.41. The monoisotopic (exact) mass is 251 g/mol. The second-order valence-corrected chi connectivity index (χ2v) is 5.72. The Balaban J connectivity index is 2.04. The van der Waals surface area contributed by atoms with Gasteiger partial charge in [-0.25, -0.2) is 0 Å². The quantitative estimate of drug-likeness (QED) is 0.844. The molecule has 0 aliphatic heterocycles. The molecule has 2 rings (SSSR count). The van der Waals surface area contributed by atoms with Crippen LogP contribution in [0.5, 0.6) is 0 Å². The molecule has 0 radical (unpaired) electrons. The molecular weight excluding hydrogens is 226 g/mol. The number of furan rings is 1. The van der Waals surface area contributed by atoms with Gasteiger partial charge in [0.1, 0.15) is 11.9 Å². The summed E-state index contributed by atoms with van der Waals surface area (Å²) < 4.78 is 5.34. The van der Waals surface area contributed by atoms with Gasteiger partial charge in [-0.3, -0.25) is 0 Å². The number of hydrogen-bond donors (Lipinski definition) is 2. The zero-order valence-corrected chi connectivity index (χ0v) is 11.3. The average molecular weight is 251 g/mol. The van der Waals surface area contributed by atoms with E-state index in [9.17, 15) is 5.11 Å². The van der Waals surface area contributed by atoms with Crippen molar-refractivity contribution in [2.75, 3.05) is 6.54 Å². The summed E-state index contributed by atoms with van der Waals surface area (Å²) in [5, 5.41) is 10.5. The molecule has 1 atom stereocenters. The summed E-state index contributed by atoms with van der Waals surface area (Å²) in [6.07, 6.45) is 8.00. The maximum Gasteiger partial charge on any atom is 0.132 e. The lowest BCUT2D eigenvalue weighted by Gasteiger charge is -2.42. The molecule has 1 aliphatic rings. The third kappa shape index (κ3) is 2.62. The van der Waals surface area contributed by atoms with Gasteiger partial charge in [0.15, 0.2) is 0 Å². The first-order valence-corrected chi connectivity index (χ1v) is 7.13. The van der Waals surface area contributed by atoms with Gasteiger partial charge in [-0.1, -0.05) is 19.8 Å². The summed E-state index contributed by atoms with van der Waals surface area (Å²) in [4.78, 5) is 0. The first-order valence-electron chi connectivity index (χ1n) is 7.13. The number of rotatable bonds is 5. The van der Waals surface area contributed by atoms with Crippen molar-refractivity contribution in [2.45, 2.75) is 51.6 Å². The summed E-state index contributed by atoms with van der Waals surface area (Å²) in [6.45, 7) is 2.77. The lowest BCUT2D eigenvalue weighted by Crippen LogP contribution is -2.40. The minimum absolute atomic E-state index is 0.178. The van der Waals surface area contributed by atoms with E-state index in [2.05, 4.69) is 6.92 Å². The van der Waals surface area contributed by atoms with Crippen molar-refractivity contribution in [3.63, 3.8) is 0 Å². The standard InChI is InChI=1S/C15H25NO2/c1-2-4-12-6-8-15(11-16,9-7-12)14(17)13-5-3-10-18-13/h3,5,10,12,14,17H,2,4,6-9,11,16H2,1H3. The zero-order chi connectivity index (χ0) is 13.0. The highest BCUT2D eigenvalue weighted by molar-refractivity contribution is 5.08. The Morgan fingerprint density at radius 2 is 2.22 bits per heavy atom. The van der Waals surface area contributed by atoms with E-state index in [4.69, 9.17) is 10.2 Å². The topological polar surface area (TPSA) is 59.4 Å². The second-order valence-electron chi connectivity index (χ2n) is 5.72. The summed E-state index contributed by atoms with van der Waals surface area (Å²) in [6, 6.07) is 3.67. The predicted octanol–water partition coefficient (Wildman–Crippen LogP) is 3.25.